The van der Waals surface area contributed by atoms with Gasteiger partial charge >= 0.3 is 5.97 Å². The number of hydrogen-bond donors (Lipinski definition) is 0. The quantitative estimate of drug-likeness (QED) is 0.766. The van der Waals surface area contributed by atoms with E-state index >= 15 is 0 Å². The van der Waals surface area contributed by atoms with Crippen LogP contribution in [-0.2, 0) is 9.53 Å². The van der Waals surface area contributed by atoms with Crippen LogP contribution in [0.3, 0.4) is 0 Å². The second-order valence-electron chi connectivity index (χ2n) is 7.79. The Morgan fingerprint density at radius 3 is 2.85 bits per heavy atom. The Bertz CT molecular complexity index is 814. The molecule has 2 aliphatic heterocycles. The van der Waals surface area contributed by atoms with Crippen molar-refractivity contribution in [1.29, 1.82) is 0 Å². The third-order valence-electron chi connectivity index (χ3n) is 6.31. The number of rotatable bonds is 2. The molecule has 0 amide bonds. The molecule has 2 fully saturated rings. The van der Waals surface area contributed by atoms with Gasteiger partial charge in [0.1, 0.15) is 11.4 Å². The van der Waals surface area contributed by atoms with Crippen molar-refractivity contribution in [2.75, 3.05) is 20.2 Å². The standard InChI is InChI=1S/C21H24N2O3/c1-25-20(24)14-2-5-16-17-6-9-22-13-19(17)26-21(18(16)12-14)7-10-23(11-8-21)15-3-4-15/h6,9,12-13,15H,2-5,7-8,10-11H2,1H3. The maximum absolute atomic E-state index is 12.1. The number of fused-ring (bicyclic) bond motifs is 3. The van der Waals surface area contributed by atoms with E-state index in [9.17, 15) is 4.79 Å². The van der Waals surface area contributed by atoms with Crippen molar-refractivity contribution in [2.45, 2.75) is 50.2 Å². The van der Waals surface area contributed by atoms with Crippen LogP contribution in [0.2, 0.25) is 0 Å². The van der Waals surface area contributed by atoms with E-state index in [0.29, 0.717) is 0 Å². The number of ether oxygens (including phenoxy) is 2. The number of nitrogens with zero attached hydrogens (tertiary/aromatic N) is 2. The molecule has 3 heterocycles. The molecule has 0 aromatic carbocycles. The fourth-order valence-electron chi connectivity index (χ4n) is 4.74. The number of pyridine rings is 1. The summed E-state index contributed by atoms with van der Waals surface area (Å²) in [7, 11) is 1.45. The van der Waals surface area contributed by atoms with Gasteiger partial charge in [0.25, 0.3) is 0 Å². The molecule has 0 radical (unpaired) electrons. The van der Waals surface area contributed by atoms with Crippen molar-refractivity contribution in [3.05, 3.63) is 41.2 Å². The Labute approximate surface area is 153 Å². The number of carbonyl (C=O) groups is 1. The van der Waals surface area contributed by atoms with Gasteiger partial charge < -0.3 is 14.4 Å². The molecule has 1 saturated heterocycles. The van der Waals surface area contributed by atoms with Crippen molar-refractivity contribution >= 4 is 11.5 Å². The highest BCUT2D eigenvalue weighted by Crippen LogP contribution is 2.50. The van der Waals surface area contributed by atoms with Crippen LogP contribution < -0.4 is 4.74 Å². The first kappa shape index (κ1) is 16.1. The van der Waals surface area contributed by atoms with Gasteiger partial charge in [0.2, 0.25) is 0 Å². The number of aromatic nitrogens is 1. The predicted molar refractivity (Wildman–Crippen MR) is 97.7 cm³/mol. The average molecular weight is 352 g/mol. The molecular formula is C21H24N2O3. The van der Waals surface area contributed by atoms with E-state index in [4.69, 9.17) is 9.47 Å². The Kier molecular flexibility index (Phi) is 3.67. The molecule has 5 heteroatoms. The number of hydrogen-bond acceptors (Lipinski definition) is 5. The van der Waals surface area contributed by atoms with Crippen LogP contribution >= 0.6 is 0 Å². The molecule has 26 heavy (non-hydrogen) atoms. The molecule has 2 aliphatic carbocycles. The summed E-state index contributed by atoms with van der Waals surface area (Å²) in [5.74, 6) is 0.670. The lowest BCUT2D eigenvalue weighted by Crippen LogP contribution is -2.51. The summed E-state index contributed by atoms with van der Waals surface area (Å²) in [6.45, 7) is 2.11. The maximum Gasteiger partial charge on any atom is 0.333 e. The van der Waals surface area contributed by atoms with Gasteiger partial charge in [0, 0.05) is 49.3 Å². The number of allylic oxidation sites excluding steroid dienone is 1. The van der Waals surface area contributed by atoms with E-state index in [-0.39, 0.29) is 11.6 Å². The van der Waals surface area contributed by atoms with E-state index in [1.54, 1.807) is 0 Å². The Morgan fingerprint density at radius 2 is 2.12 bits per heavy atom. The minimum atomic E-state index is -0.337. The van der Waals surface area contributed by atoms with E-state index < -0.39 is 0 Å². The van der Waals surface area contributed by atoms with Crippen molar-refractivity contribution < 1.29 is 14.3 Å². The molecule has 0 unspecified atom stereocenters. The van der Waals surface area contributed by atoms with Gasteiger partial charge in [0.05, 0.1) is 13.3 Å². The summed E-state index contributed by atoms with van der Waals surface area (Å²) in [5.41, 5.74) is 4.07. The minimum absolute atomic E-state index is 0.220. The molecule has 5 nitrogen and oxygen atoms in total. The summed E-state index contributed by atoms with van der Waals surface area (Å²) >= 11 is 0. The zero-order valence-corrected chi connectivity index (χ0v) is 15.2. The van der Waals surface area contributed by atoms with Gasteiger partial charge in [0.15, 0.2) is 0 Å². The normalized spacial score (nSPS) is 24.4. The van der Waals surface area contributed by atoms with Crippen molar-refractivity contribution in [3.63, 3.8) is 0 Å². The van der Waals surface area contributed by atoms with E-state index in [2.05, 4.69) is 16.0 Å². The molecule has 4 aliphatic rings. The molecule has 5 rings (SSSR count). The van der Waals surface area contributed by atoms with Crippen molar-refractivity contribution in [2.24, 2.45) is 0 Å². The first-order chi connectivity index (χ1) is 12.7. The van der Waals surface area contributed by atoms with Crippen LogP contribution in [0.5, 0.6) is 5.75 Å². The molecule has 0 N–H and O–H groups in total. The van der Waals surface area contributed by atoms with E-state index in [1.807, 2.05) is 18.5 Å². The van der Waals surface area contributed by atoms with Gasteiger partial charge in [-0.2, -0.15) is 0 Å². The lowest BCUT2D eigenvalue weighted by atomic mass is 9.73. The molecule has 1 aromatic heterocycles. The zero-order chi connectivity index (χ0) is 17.7. The lowest BCUT2D eigenvalue weighted by molar-refractivity contribution is -0.136. The van der Waals surface area contributed by atoms with Crippen LogP contribution in [0.4, 0.5) is 0 Å². The smallest absolute Gasteiger partial charge is 0.333 e. The Hall–Kier alpha value is -2.14. The highest BCUT2D eigenvalue weighted by Gasteiger charge is 2.47. The van der Waals surface area contributed by atoms with E-state index in [0.717, 1.165) is 61.7 Å². The minimum Gasteiger partial charge on any atom is -0.480 e. The second kappa shape index (κ2) is 5.95. The summed E-state index contributed by atoms with van der Waals surface area (Å²) < 4.78 is 11.6. The fraction of sp³-hybridized carbons (Fsp3) is 0.524. The highest BCUT2D eigenvalue weighted by atomic mass is 16.5. The largest absolute Gasteiger partial charge is 0.480 e. The summed E-state index contributed by atoms with van der Waals surface area (Å²) in [6, 6.07) is 2.82. The van der Waals surface area contributed by atoms with Gasteiger partial charge in [-0.15, -0.1) is 0 Å². The average Bonchev–Trinajstić information content (AvgIpc) is 3.53. The first-order valence-corrected chi connectivity index (χ1v) is 9.60. The van der Waals surface area contributed by atoms with E-state index in [1.165, 1.54) is 31.1 Å². The Morgan fingerprint density at radius 1 is 1.31 bits per heavy atom. The van der Waals surface area contributed by atoms with Crippen LogP contribution in [0.25, 0.3) is 5.57 Å². The van der Waals surface area contributed by atoms with Crippen LogP contribution in [0.1, 0.15) is 44.1 Å². The molecule has 0 atom stereocenters. The number of methoxy groups -OCH3 is 1. The zero-order valence-electron chi connectivity index (χ0n) is 15.2. The third kappa shape index (κ3) is 2.49. The summed E-state index contributed by atoms with van der Waals surface area (Å²) in [5, 5.41) is 0. The number of likely N-dealkylation sites (tertiary alicyclic amines) is 1. The first-order valence-electron chi connectivity index (χ1n) is 9.60. The van der Waals surface area contributed by atoms with Crippen LogP contribution in [0.15, 0.2) is 35.7 Å². The summed E-state index contributed by atoms with van der Waals surface area (Å²) in [4.78, 5) is 19.0. The molecule has 1 aromatic rings. The number of esters is 1. The third-order valence-corrected chi connectivity index (χ3v) is 6.31. The maximum atomic E-state index is 12.1. The molecule has 1 spiro atoms. The second-order valence-corrected chi connectivity index (χ2v) is 7.79. The Balaban J connectivity index is 1.57. The van der Waals surface area contributed by atoms with Crippen LogP contribution in [-0.4, -0.2) is 47.7 Å². The predicted octanol–water partition coefficient (Wildman–Crippen LogP) is 3.12. The molecular weight excluding hydrogens is 328 g/mol. The van der Waals surface area contributed by atoms with Crippen LogP contribution in [0, 0.1) is 0 Å². The highest BCUT2D eigenvalue weighted by molar-refractivity contribution is 5.92. The molecule has 1 saturated carbocycles. The van der Waals surface area contributed by atoms with Gasteiger partial charge in [-0.3, -0.25) is 4.98 Å². The number of piperidine rings is 1. The van der Waals surface area contributed by atoms with Gasteiger partial charge in [-0.1, -0.05) is 0 Å². The van der Waals surface area contributed by atoms with Gasteiger partial charge in [-0.05, 0) is 49.0 Å². The van der Waals surface area contributed by atoms with Gasteiger partial charge in [-0.25, -0.2) is 4.79 Å². The monoisotopic (exact) mass is 352 g/mol. The fourth-order valence-corrected chi connectivity index (χ4v) is 4.74. The topological polar surface area (TPSA) is 51.7 Å². The SMILES string of the molecule is COC(=O)C1=CC2=C(CC1)c1ccncc1OC21CCN(C2CC2)CC1. The molecule has 0 bridgehead atoms. The number of carbonyl (C=O) groups excluding carboxylic acids is 1. The lowest BCUT2D eigenvalue weighted by Gasteiger charge is -2.47. The summed E-state index contributed by atoms with van der Waals surface area (Å²) in [6.07, 6.45) is 11.9. The van der Waals surface area contributed by atoms with Crippen molar-refractivity contribution in [3.8, 4) is 5.75 Å². The van der Waals surface area contributed by atoms with Crippen molar-refractivity contribution in [1.82, 2.24) is 9.88 Å². The molecule has 136 valence electrons.